The number of benzene rings is 1. The monoisotopic (exact) mass is 425 g/mol. The highest BCUT2D eigenvalue weighted by molar-refractivity contribution is 7.71. The van der Waals surface area contributed by atoms with E-state index < -0.39 is 5.60 Å². The number of amides is 1. The van der Waals surface area contributed by atoms with Crippen molar-refractivity contribution in [2.75, 3.05) is 13.1 Å². The quantitative estimate of drug-likeness (QED) is 0.651. The molecular formula is C23H27N3O3S. The van der Waals surface area contributed by atoms with Gasteiger partial charge in [0, 0.05) is 44.7 Å². The van der Waals surface area contributed by atoms with E-state index in [-0.39, 0.29) is 12.2 Å². The third kappa shape index (κ3) is 6.07. The predicted octanol–water partition coefficient (Wildman–Crippen LogP) is 4.92. The minimum atomic E-state index is -0.486. The summed E-state index contributed by atoms with van der Waals surface area (Å²) in [6.45, 7) is 7.44. The highest BCUT2D eigenvalue weighted by Crippen LogP contribution is 2.21. The maximum absolute atomic E-state index is 12.2. The second-order valence-electron chi connectivity index (χ2n) is 8.43. The first-order valence-corrected chi connectivity index (χ1v) is 10.5. The van der Waals surface area contributed by atoms with Gasteiger partial charge in [0.2, 0.25) is 0 Å². The number of rotatable bonds is 4. The fourth-order valence-electron chi connectivity index (χ4n) is 3.30. The molecule has 7 heteroatoms. The molecule has 2 aromatic rings. The Morgan fingerprint density at radius 3 is 2.60 bits per heavy atom. The first-order valence-electron chi connectivity index (χ1n) is 10.1. The molecule has 1 aromatic carbocycles. The number of piperidine rings is 1. The standard InChI is InChI=1S/C23H27N3O3S/c1-23(2,3)29-22(27)25-10-7-19(8-11-25)28-20-9-12-26(21(30)14-20)16-18-6-4-5-17(13-18)15-24/h4-6,9,12-14,19H,7-8,10-11,16H2,1-3H3. The van der Waals surface area contributed by atoms with Crippen LogP contribution in [0.2, 0.25) is 0 Å². The molecule has 1 amide bonds. The number of carbonyl (C=O) groups excluding carboxylic acids is 1. The van der Waals surface area contributed by atoms with E-state index in [0.717, 1.165) is 24.2 Å². The van der Waals surface area contributed by atoms with Crippen LogP contribution in [0.3, 0.4) is 0 Å². The average molecular weight is 426 g/mol. The van der Waals surface area contributed by atoms with Gasteiger partial charge < -0.3 is 18.9 Å². The molecule has 0 spiro atoms. The lowest BCUT2D eigenvalue weighted by atomic mass is 10.1. The van der Waals surface area contributed by atoms with E-state index in [2.05, 4.69) is 6.07 Å². The Balaban J connectivity index is 1.56. The van der Waals surface area contributed by atoms with E-state index in [0.29, 0.717) is 29.8 Å². The van der Waals surface area contributed by atoms with Gasteiger partial charge in [0.15, 0.2) is 0 Å². The number of nitrogens with zero attached hydrogens (tertiary/aromatic N) is 3. The van der Waals surface area contributed by atoms with Gasteiger partial charge in [-0.2, -0.15) is 5.26 Å². The minimum absolute atomic E-state index is 0.0428. The molecule has 1 fully saturated rings. The number of hydrogen-bond donors (Lipinski definition) is 0. The molecule has 1 aromatic heterocycles. The number of carbonyl (C=O) groups is 1. The van der Waals surface area contributed by atoms with E-state index in [1.54, 1.807) is 11.0 Å². The Bertz CT molecular complexity index is 996. The van der Waals surface area contributed by atoms with E-state index >= 15 is 0 Å². The van der Waals surface area contributed by atoms with Crippen molar-refractivity contribution in [3.05, 3.63) is 58.4 Å². The van der Waals surface area contributed by atoms with E-state index in [1.807, 2.05) is 61.9 Å². The number of pyridine rings is 1. The molecule has 1 aliphatic rings. The fourth-order valence-corrected chi connectivity index (χ4v) is 3.55. The molecule has 1 aliphatic heterocycles. The number of nitriles is 1. The Morgan fingerprint density at radius 2 is 1.97 bits per heavy atom. The summed E-state index contributed by atoms with van der Waals surface area (Å²) in [4.78, 5) is 13.9. The van der Waals surface area contributed by atoms with Crippen LogP contribution in [0.4, 0.5) is 4.79 Å². The molecule has 30 heavy (non-hydrogen) atoms. The molecule has 0 unspecified atom stereocenters. The van der Waals surface area contributed by atoms with Crippen molar-refractivity contribution in [3.63, 3.8) is 0 Å². The van der Waals surface area contributed by atoms with Gasteiger partial charge in [0.1, 0.15) is 22.1 Å². The average Bonchev–Trinajstić information content (AvgIpc) is 2.69. The summed E-state index contributed by atoms with van der Waals surface area (Å²) < 4.78 is 14.2. The lowest BCUT2D eigenvalue weighted by Gasteiger charge is -2.33. The summed E-state index contributed by atoms with van der Waals surface area (Å²) in [5.74, 6) is 0.734. The third-order valence-electron chi connectivity index (χ3n) is 4.77. The molecule has 0 aliphatic carbocycles. The lowest BCUT2D eigenvalue weighted by molar-refractivity contribution is 0.0126. The van der Waals surface area contributed by atoms with Crippen molar-refractivity contribution in [1.82, 2.24) is 9.47 Å². The summed E-state index contributed by atoms with van der Waals surface area (Å²) in [7, 11) is 0. The minimum Gasteiger partial charge on any atom is -0.490 e. The van der Waals surface area contributed by atoms with Gasteiger partial charge in [-0.15, -0.1) is 0 Å². The molecule has 0 radical (unpaired) electrons. The van der Waals surface area contributed by atoms with Gasteiger partial charge in [0.25, 0.3) is 0 Å². The van der Waals surface area contributed by atoms with Crippen molar-refractivity contribution < 1.29 is 14.3 Å². The van der Waals surface area contributed by atoms with Crippen LogP contribution in [0.15, 0.2) is 42.6 Å². The van der Waals surface area contributed by atoms with Gasteiger partial charge in [-0.05, 0) is 44.5 Å². The fraction of sp³-hybridized carbons (Fsp3) is 0.435. The SMILES string of the molecule is CC(C)(C)OC(=O)N1CCC(Oc2ccn(Cc3cccc(C#N)c3)c(=S)c2)CC1. The van der Waals surface area contributed by atoms with Crippen LogP contribution in [-0.2, 0) is 11.3 Å². The van der Waals surface area contributed by atoms with Crippen LogP contribution in [0, 0.1) is 16.0 Å². The van der Waals surface area contributed by atoms with Gasteiger partial charge in [-0.25, -0.2) is 4.79 Å². The predicted molar refractivity (Wildman–Crippen MR) is 117 cm³/mol. The topological polar surface area (TPSA) is 67.5 Å². The lowest BCUT2D eigenvalue weighted by Crippen LogP contribution is -2.44. The molecule has 0 bridgehead atoms. The Hall–Kier alpha value is -2.85. The molecule has 158 valence electrons. The summed E-state index contributed by atoms with van der Waals surface area (Å²) in [5.41, 5.74) is 1.17. The van der Waals surface area contributed by atoms with Crippen molar-refractivity contribution in [3.8, 4) is 11.8 Å². The zero-order valence-corrected chi connectivity index (χ0v) is 18.4. The van der Waals surface area contributed by atoms with E-state index in [4.69, 9.17) is 27.0 Å². The van der Waals surface area contributed by atoms with Crippen LogP contribution in [0.25, 0.3) is 0 Å². The maximum atomic E-state index is 12.2. The van der Waals surface area contributed by atoms with Gasteiger partial charge in [-0.1, -0.05) is 24.4 Å². The Kier molecular flexibility index (Phi) is 6.78. The summed E-state index contributed by atoms with van der Waals surface area (Å²) in [5, 5.41) is 9.05. The van der Waals surface area contributed by atoms with Crippen molar-refractivity contribution in [2.24, 2.45) is 0 Å². The molecule has 1 saturated heterocycles. The molecule has 6 nitrogen and oxygen atoms in total. The second-order valence-corrected chi connectivity index (χ2v) is 8.84. The maximum Gasteiger partial charge on any atom is 0.410 e. The molecule has 0 atom stereocenters. The highest BCUT2D eigenvalue weighted by atomic mass is 32.1. The van der Waals surface area contributed by atoms with Crippen molar-refractivity contribution in [2.45, 2.75) is 51.9 Å². The van der Waals surface area contributed by atoms with Crippen LogP contribution in [-0.4, -0.2) is 40.4 Å². The zero-order chi connectivity index (χ0) is 21.7. The number of ether oxygens (including phenoxy) is 2. The number of hydrogen-bond acceptors (Lipinski definition) is 5. The van der Waals surface area contributed by atoms with Gasteiger partial charge in [-0.3, -0.25) is 0 Å². The second kappa shape index (κ2) is 9.31. The summed E-state index contributed by atoms with van der Waals surface area (Å²) >= 11 is 5.52. The molecular weight excluding hydrogens is 398 g/mol. The number of aromatic nitrogens is 1. The van der Waals surface area contributed by atoms with Crippen molar-refractivity contribution in [1.29, 1.82) is 5.26 Å². The zero-order valence-electron chi connectivity index (χ0n) is 17.6. The van der Waals surface area contributed by atoms with Crippen molar-refractivity contribution >= 4 is 18.3 Å². The van der Waals surface area contributed by atoms with Gasteiger partial charge in [0.05, 0.1) is 11.6 Å². The first-order chi connectivity index (χ1) is 14.2. The van der Waals surface area contributed by atoms with Crippen LogP contribution >= 0.6 is 12.2 Å². The Labute approximate surface area is 182 Å². The smallest absolute Gasteiger partial charge is 0.410 e. The Morgan fingerprint density at radius 1 is 1.23 bits per heavy atom. The van der Waals surface area contributed by atoms with Crippen LogP contribution in [0.1, 0.15) is 44.7 Å². The van der Waals surface area contributed by atoms with Gasteiger partial charge >= 0.3 is 6.09 Å². The van der Waals surface area contributed by atoms with E-state index in [1.165, 1.54) is 0 Å². The van der Waals surface area contributed by atoms with E-state index in [9.17, 15) is 4.79 Å². The highest BCUT2D eigenvalue weighted by Gasteiger charge is 2.27. The third-order valence-corrected chi connectivity index (χ3v) is 5.13. The molecule has 2 heterocycles. The largest absolute Gasteiger partial charge is 0.490 e. The summed E-state index contributed by atoms with van der Waals surface area (Å²) in [6, 6.07) is 13.4. The molecule has 0 N–H and O–H groups in total. The van der Waals surface area contributed by atoms with Crippen LogP contribution < -0.4 is 4.74 Å². The number of likely N-dealkylation sites (tertiary alicyclic amines) is 1. The summed E-state index contributed by atoms with van der Waals surface area (Å²) in [6.07, 6.45) is 3.19. The molecule has 3 rings (SSSR count). The van der Waals surface area contributed by atoms with Crippen LogP contribution in [0.5, 0.6) is 5.75 Å². The normalized spacial score (nSPS) is 14.8. The first kappa shape index (κ1) is 21.8. The molecule has 0 saturated carbocycles.